The molecule has 0 aromatic carbocycles. The molecule has 0 spiro atoms. The molecule has 1 atom stereocenters. The minimum absolute atomic E-state index is 0.257. The molecule has 4 heteroatoms. The van der Waals surface area contributed by atoms with Crippen LogP contribution in [0.5, 0.6) is 0 Å². The minimum Gasteiger partial charge on any atom is -0.382 e. The van der Waals surface area contributed by atoms with Crippen LogP contribution in [0.3, 0.4) is 0 Å². The van der Waals surface area contributed by atoms with Crippen LogP contribution < -0.4 is 5.73 Å². The zero-order valence-corrected chi connectivity index (χ0v) is 8.66. The Kier molecular flexibility index (Phi) is 2.24. The van der Waals surface area contributed by atoms with Crippen LogP contribution in [0.1, 0.15) is 25.5 Å². The predicted octanol–water partition coefficient (Wildman–Crippen LogP) is 1.78. The van der Waals surface area contributed by atoms with Gasteiger partial charge in [-0.25, -0.2) is 0 Å². The number of thioether (sulfide) groups is 1. The molecule has 0 amide bonds. The molecule has 2 rings (SSSR count). The summed E-state index contributed by atoms with van der Waals surface area (Å²) in [5.41, 5.74) is 7.04. The van der Waals surface area contributed by atoms with E-state index in [1.54, 1.807) is 0 Å². The Balaban J connectivity index is 2.22. The minimum atomic E-state index is 0.257. The molecule has 0 aliphatic carbocycles. The van der Waals surface area contributed by atoms with Crippen LogP contribution in [0.25, 0.3) is 0 Å². The number of aromatic nitrogens is 2. The Bertz CT molecular complexity index is 289. The van der Waals surface area contributed by atoms with Gasteiger partial charge in [-0.1, -0.05) is 6.92 Å². The second-order valence-electron chi connectivity index (χ2n) is 3.92. The Labute approximate surface area is 82.5 Å². The van der Waals surface area contributed by atoms with Gasteiger partial charge in [0.1, 0.15) is 5.82 Å². The lowest BCUT2D eigenvalue weighted by Gasteiger charge is -2.31. The zero-order valence-electron chi connectivity index (χ0n) is 7.84. The molecule has 1 aromatic heterocycles. The standard InChI is InChI=1S/C9H15N3S/c1-9(3-2-4-13-6-9)7-5-8(10)12-11-7/h5H,2-4,6H2,1H3,(H3,10,11,12). The van der Waals surface area contributed by atoms with Crippen LogP contribution in [-0.2, 0) is 5.41 Å². The number of nitrogens with one attached hydrogen (secondary N) is 1. The zero-order chi connectivity index (χ0) is 9.31. The summed E-state index contributed by atoms with van der Waals surface area (Å²) in [5, 5.41) is 7.01. The fourth-order valence-electron chi connectivity index (χ4n) is 1.79. The van der Waals surface area contributed by atoms with Crippen LogP contribution in [0.2, 0.25) is 0 Å². The summed E-state index contributed by atoms with van der Waals surface area (Å²) in [6, 6.07) is 1.96. The number of nitrogens with zero attached hydrogens (tertiary/aromatic N) is 1. The molecule has 1 aromatic rings. The molecule has 72 valence electrons. The van der Waals surface area contributed by atoms with Crippen molar-refractivity contribution in [3.63, 3.8) is 0 Å². The number of rotatable bonds is 1. The monoisotopic (exact) mass is 197 g/mol. The summed E-state index contributed by atoms with van der Waals surface area (Å²) in [4.78, 5) is 0. The van der Waals surface area contributed by atoms with Crippen molar-refractivity contribution in [2.24, 2.45) is 0 Å². The van der Waals surface area contributed by atoms with Gasteiger partial charge >= 0.3 is 0 Å². The van der Waals surface area contributed by atoms with Crippen LogP contribution in [0.4, 0.5) is 5.82 Å². The molecule has 0 saturated carbocycles. The lowest BCUT2D eigenvalue weighted by Crippen LogP contribution is -2.29. The first-order chi connectivity index (χ1) is 6.21. The van der Waals surface area contributed by atoms with Crippen molar-refractivity contribution < 1.29 is 0 Å². The molecule has 13 heavy (non-hydrogen) atoms. The Morgan fingerprint density at radius 1 is 1.69 bits per heavy atom. The molecule has 0 radical (unpaired) electrons. The highest BCUT2D eigenvalue weighted by Crippen LogP contribution is 2.36. The molecule has 1 saturated heterocycles. The van der Waals surface area contributed by atoms with E-state index in [0.29, 0.717) is 5.82 Å². The molecular formula is C9H15N3S. The third-order valence-electron chi connectivity index (χ3n) is 2.69. The van der Waals surface area contributed by atoms with Crippen molar-refractivity contribution in [3.8, 4) is 0 Å². The first kappa shape index (κ1) is 8.94. The molecule has 3 N–H and O–H groups in total. The third kappa shape index (κ3) is 1.68. The Morgan fingerprint density at radius 2 is 2.54 bits per heavy atom. The van der Waals surface area contributed by atoms with Gasteiger partial charge in [0.05, 0.1) is 0 Å². The predicted molar refractivity (Wildman–Crippen MR) is 56.9 cm³/mol. The van der Waals surface area contributed by atoms with E-state index < -0.39 is 0 Å². The average Bonchev–Trinajstić information content (AvgIpc) is 2.54. The Morgan fingerprint density at radius 3 is 3.08 bits per heavy atom. The van der Waals surface area contributed by atoms with Crippen LogP contribution >= 0.6 is 11.8 Å². The molecule has 0 bridgehead atoms. The first-order valence-electron chi connectivity index (χ1n) is 4.60. The molecule has 1 aliphatic heterocycles. The van der Waals surface area contributed by atoms with Crippen molar-refractivity contribution in [2.45, 2.75) is 25.2 Å². The van der Waals surface area contributed by atoms with Crippen LogP contribution in [0, 0.1) is 0 Å². The number of nitrogens with two attached hydrogens (primary N) is 1. The van der Waals surface area contributed by atoms with Crippen molar-refractivity contribution in [3.05, 3.63) is 11.8 Å². The maximum absolute atomic E-state index is 5.59. The van der Waals surface area contributed by atoms with Gasteiger partial charge in [0.15, 0.2) is 0 Å². The highest BCUT2D eigenvalue weighted by molar-refractivity contribution is 7.99. The highest BCUT2D eigenvalue weighted by atomic mass is 32.2. The van der Waals surface area contributed by atoms with E-state index in [0.717, 1.165) is 0 Å². The number of aromatic amines is 1. The second-order valence-corrected chi connectivity index (χ2v) is 5.03. The van der Waals surface area contributed by atoms with Crippen molar-refractivity contribution in [1.29, 1.82) is 0 Å². The van der Waals surface area contributed by atoms with Crippen molar-refractivity contribution in [1.82, 2.24) is 10.2 Å². The maximum Gasteiger partial charge on any atom is 0.145 e. The first-order valence-corrected chi connectivity index (χ1v) is 5.75. The van der Waals surface area contributed by atoms with E-state index in [2.05, 4.69) is 17.1 Å². The number of hydrogen-bond acceptors (Lipinski definition) is 3. The largest absolute Gasteiger partial charge is 0.382 e. The normalized spacial score (nSPS) is 29.0. The second kappa shape index (κ2) is 3.25. The summed E-state index contributed by atoms with van der Waals surface area (Å²) in [6.45, 7) is 2.28. The fraction of sp³-hybridized carbons (Fsp3) is 0.667. The van der Waals surface area contributed by atoms with Gasteiger partial charge in [-0.05, 0) is 18.6 Å². The topological polar surface area (TPSA) is 54.7 Å². The molecule has 3 nitrogen and oxygen atoms in total. The van der Waals surface area contributed by atoms with Crippen LogP contribution in [0.15, 0.2) is 6.07 Å². The maximum atomic E-state index is 5.59. The van der Waals surface area contributed by atoms with Gasteiger partial charge in [-0.3, -0.25) is 5.10 Å². The smallest absolute Gasteiger partial charge is 0.145 e. The summed E-state index contributed by atoms with van der Waals surface area (Å²) < 4.78 is 0. The van der Waals surface area contributed by atoms with E-state index in [9.17, 15) is 0 Å². The van der Waals surface area contributed by atoms with Gasteiger partial charge in [-0.15, -0.1) is 0 Å². The van der Waals surface area contributed by atoms with Crippen LogP contribution in [-0.4, -0.2) is 21.7 Å². The quantitative estimate of drug-likeness (QED) is 0.721. The molecular weight excluding hydrogens is 182 g/mol. The SMILES string of the molecule is CC1(c2cc(N)n[nH]2)CCCSC1. The summed E-state index contributed by atoms with van der Waals surface area (Å²) >= 11 is 2.02. The van der Waals surface area contributed by atoms with Crippen molar-refractivity contribution >= 4 is 17.6 Å². The molecule has 1 aliphatic rings. The van der Waals surface area contributed by atoms with E-state index in [4.69, 9.17) is 5.73 Å². The van der Waals surface area contributed by atoms with Crippen molar-refractivity contribution in [2.75, 3.05) is 17.2 Å². The lowest BCUT2D eigenvalue weighted by atomic mass is 9.84. The third-order valence-corrected chi connectivity index (χ3v) is 4.10. The molecule has 1 fully saturated rings. The van der Waals surface area contributed by atoms with Gasteiger partial charge in [0.2, 0.25) is 0 Å². The highest BCUT2D eigenvalue weighted by Gasteiger charge is 2.30. The summed E-state index contributed by atoms with van der Waals surface area (Å²) in [5.74, 6) is 3.07. The van der Waals surface area contributed by atoms with E-state index in [1.165, 1.54) is 30.0 Å². The van der Waals surface area contributed by atoms with Gasteiger partial charge in [0, 0.05) is 22.9 Å². The Hall–Kier alpha value is -0.640. The van der Waals surface area contributed by atoms with Gasteiger partial charge < -0.3 is 5.73 Å². The van der Waals surface area contributed by atoms with Gasteiger partial charge in [0.25, 0.3) is 0 Å². The number of nitrogen functional groups attached to an aromatic ring is 1. The number of anilines is 1. The summed E-state index contributed by atoms with van der Waals surface area (Å²) in [6.07, 6.45) is 2.53. The lowest BCUT2D eigenvalue weighted by molar-refractivity contribution is 0.458. The fourth-order valence-corrected chi connectivity index (χ4v) is 3.04. The number of hydrogen-bond donors (Lipinski definition) is 2. The van der Waals surface area contributed by atoms with E-state index >= 15 is 0 Å². The summed E-state index contributed by atoms with van der Waals surface area (Å²) in [7, 11) is 0. The van der Waals surface area contributed by atoms with E-state index in [-0.39, 0.29) is 5.41 Å². The average molecular weight is 197 g/mol. The molecule has 1 unspecified atom stereocenters. The molecule has 2 heterocycles. The number of H-pyrrole nitrogens is 1. The van der Waals surface area contributed by atoms with Gasteiger partial charge in [-0.2, -0.15) is 16.9 Å². The van der Waals surface area contributed by atoms with E-state index in [1.807, 2.05) is 17.8 Å².